The van der Waals surface area contributed by atoms with Crippen LogP contribution in [0, 0.1) is 0 Å². The van der Waals surface area contributed by atoms with E-state index in [0.29, 0.717) is 6.54 Å². The highest BCUT2D eigenvalue weighted by Crippen LogP contribution is 2.26. The number of nitrogen functional groups attached to an aromatic ring is 1. The minimum atomic E-state index is -0.146. The highest BCUT2D eigenvalue weighted by atomic mass is 16.3. The maximum atomic E-state index is 12.5. The summed E-state index contributed by atoms with van der Waals surface area (Å²) in [6.07, 6.45) is 2.88. The summed E-state index contributed by atoms with van der Waals surface area (Å²) in [7, 11) is 0. The highest BCUT2D eigenvalue weighted by molar-refractivity contribution is 5.98. The van der Waals surface area contributed by atoms with Crippen LogP contribution in [-0.4, -0.2) is 28.5 Å². The maximum Gasteiger partial charge on any atom is 0.257 e. The van der Waals surface area contributed by atoms with Crippen LogP contribution >= 0.6 is 0 Å². The number of rotatable bonds is 6. The van der Waals surface area contributed by atoms with Crippen molar-refractivity contribution < 1.29 is 9.90 Å². The van der Waals surface area contributed by atoms with Crippen LogP contribution in [0.15, 0.2) is 18.2 Å². The molecule has 0 heterocycles. The zero-order valence-corrected chi connectivity index (χ0v) is 12.0. The Morgan fingerprint density at radius 2 is 2.11 bits per heavy atom. The molecule has 0 aliphatic rings. The van der Waals surface area contributed by atoms with Crippen molar-refractivity contribution in [1.82, 2.24) is 4.90 Å². The molecule has 0 fully saturated rings. The zero-order valence-electron chi connectivity index (χ0n) is 12.0. The Kier molecular flexibility index (Phi) is 5.67. The zero-order chi connectivity index (χ0) is 14.4. The molecule has 1 aromatic rings. The minimum Gasteiger partial charge on any atom is -0.505 e. The Balaban J connectivity index is 3.01. The highest BCUT2D eigenvalue weighted by Gasteiger charge is 2.22. The maximum absolute atomic E-state index is 12.5. The number of carbonyl (C=O) groups is 1. The number of phenolic OH excluding ortho intramolecular Hbond substituents is 1. The number of nitrogens with two attached hydrogens (primary N) is 1. The van der Waals surface area contributed by atoms with Crippen LogP contribution in [0.2, 0.25) is 0 Å². The first kappa shape index (κ1) is 15.3. The Hall–Kier alpha value is -1.71. The first-order valence-corrected chi connectivity index (χ1v) is 6.91. The van der Waals surface area contributed by atoms with Crippen LogP contribution in [0.25, 0.3) is 0 Å². The van der Waals surface area contributed by atoms with Crippen molar-refractivity contribution in [2.45, 2.75) is 46.1 Å². The van der Waals surface area contributed by atoms with E-state index in [9.17, 15) is 9.90 Å². The van der Waals surface area contributed by atoms with Crippen molar-refractivity contribution in [3.8, 4) is 5.75 Å². The van der Waals surface area contributed by atoms with Gasteiger partial charge in [-0.25, -0.2) is 0 Å². The first-order valence-electron chi connectivity index (χ1n) is 6.91. The molecule has 0 saturated heterocycles. The summed E-state index contributed by atoms with van der Waals surface area (Å²) in [5.41, 5.74) is 6.18. The molecule has 4 heteroatoms. The third-order valence-electron chi connectivity index (χ3n) is 3.43. The number of hydrogen-bond acceptors (Lipinski definition) is 3. The number of para-hydroxylation sites is 1. The van der Waals surface area contributed by atoms with E-state index in [1.165, 1.54) is 0 Å². The monoisotopic (exact) mass is 264 g/mol. The van der Waals surface area contributed by atoms with Crippen molar-refractivity contribution in [2.24, 2.45) is 0 Å². The second-order valence-electron chi connectivity index (χ2n) is 4.85. The lowest BCUT2D eigenvalue weighted by molar-refractivity contribution is 0.0682. The standard InChI is InChI=1S/C15H24N2O2/c1-4-6-10-17(11(3)5-2)15(19)12-8-7-9-13(16)14(12)18/h7-9,11,18H,4-6,10,16H2,1-3H3. The molecular weight excluding hydrogens is 240 g/mol. The minimum absolute atomic E-state index is 0.114. The van der Waals surface area contributed by atoms with E-state index in [1.54, 1.807) is 18.2 Å². The Morgan fingerprint density at radius 3 is 2.68 bits per heavy atom. The van der Waals surface area contributed by atoms with E-state index < -0.39 is 0 Å². The van der Waals surface area contributed by atoms with Gasteiger partial charge in [-0.1, -0.05) is 26.3 Å². The van der Waals surface area contributed by atoms with Gasteiger partial charge in [-0.2, -0.15) is 0 Å². The van der Waals surface area contributed by atoms with E-state index in [-0.39, 0.29) is 28.9 Å². The lowest BCUT2D eigenvalue weighted by Crippen LogP contribution is -2.39. The quantitative estimate of drug-likeness (QED) is 0.613. The number of nitrogens with zero attached hydrogens (tertiary/aromatic N) is 1. The fourth-order valence-electron chi connectivity index (χ4n) is 1.96. The number of phenols is 1. The molecule has 4 nitrogen and oxygen atoms in total. The molecule has 0 aliphatic carbocycles. The molecule has 0 bridgehead atoms. The van der Waals surface area contributed by atoms with Gasteiger partial charge in [-0.15, -0.1) is 0 Å². The van der Waals surface area contributed by atoms with Gasteiger partial charge < -0.3 is 15.7 Å². The molecular formula is C15H24N2O2. The van der Waals surface area contributed by atoms with Crippen molar-refractivity contribution in [3.05, 3.63) is 23.8 Å². The predicted octanol–water partition coefficient (Wildman–Crippen LogP) is 3.02. The molecule has 0 aromatic heterocycles. The smallest absolute Gasteiger partial charge is 0.257 e. The van der Waals surface area contributed by atoms with Gasteiger partial charge in [-0.05, 0) is 31.9 Å². The van der Waals surface area contributed by atoms with Gasteiger partial charge in [0.2, 0.25) is 0 Å². The number of anilines is 1. The lowest BCUT2D eigenvalue weighted by Gasteiger charge is -2.29. The van der Waals surface area contributed by atoms with E-state index in [0.717, 1.165) is 19.3 Å². The van der Waals surface area contributed by atoms with Crippen LogP contribution in [0.1, 0.15) is 50.4 Å². The second kappa shape index (κ2) is 7.02. The van der Waals surface area contributed by atoms with Crippen LogP contribution in [0.4, 0.5) is 5.69 Å². The lowest BCUT2D eigenvalue weighted by atomic mass is 10.1. The van der Waals surface area contributed by atoms with E-state index in [1.807, 2.05) is 11.8 Å². The van der Waals surface area contributed by atoms with Crippen LogP contribution < -0.4 is 5.73 Å². The molecule has 106 valence electrons. The normalized spacial score (nSPS) is 12.2. The molecule has 3 N–H and O–H groups in total. The number of unbranched alkanes of at least 4 members (excludes halogenated alkanes) is 1. The predicted molar refractivity (Wildman–Crippen MR) is 78.2 cm³/mol. The van der Waals surface area contributed by atoms with Crippen LogP contribution in [0.3, 0.4) is 0 Å². The van der Waals surface area contributed by atoms with Crippen molar-refractivity contribution in [1.29, 1.82) is 0 Å². The summed E-state index contributed by atoms with van der Waals surface area (Å²) < 4.78 is 0. The number of hydrogen-bond donors (Lipinski definition) is 2. The molecule has 1 amide bonds. The third kappa shape index (κ3) is 3.63. The van der Waals surface area contributed by atoms with Gasteiger partial charge in [-0.3, -0.25) is 4.79 Å². The average molecular weight is 264 g/mol. The van der Waals surface area contributed by atoms with Crippen molar-refractivity contribution >= 4 is 11.6 Å². The van der Waals surface area contributed by atoms with Gasteiger partial charge >= 0.3 is 0 Å². The largest absolute Gasteiger partial charge is 0.505 e. The Bertz CT molecular complexity index is 432. The molecule has 0 spiro atoms. The van der Waals surface area contributed by atoms with Crippen molar-refractivity contribution in [3.63, 3.8) is 0 Å². The molecule has 0 radical (unpaired) electrons. The molecule has 0 saturated carbocycles. The number of aromatic hydroxyl groups is 1. The molecule has 1 aromatic carbocycles. The van der Waals surface area contributed by atoms with E-state index in [2.05, 4.69) is 13.8 Å². The fraction of sp³-hybridized carbons (Fsp3) is 0.533. The molecule has 1 atom stereocenters. The SMILES string of the molecule is CCCCN(C(=O)c1cccc(N)c1O)C(C)CC. The number of amides is 1. The summed E-state index contributed by atoms with van der Waals surface area (Å²) in [5, 5.41) is 9.92. The van der Waals surface area contributed by atoms with Gasteiger partial charge in [0.05, 0.1) is 11.3 Å². The van der Waals surface area contributed by atoms with E-state index in [4.69, 9.17) is 5.73 Å². The topological polar surface area (TPSA) is 66.6 Å². The third-order valence-corrected chi connectivity index (χ3v) is 3.43. The van der Waals surface area contributed by atoms with Gasteiger partial charge in [0, 0.05) is 12.6 Å². The molecule has 1 rings (SSSR count). The summed E-state index contributed by atoms with van der Waals surface area (Å²) in [4.78, 5) is 14.4. The van der Waals surface area contributed by atoms with Crippen LogP contribution in [-0.2, 0) is 0 Å². The van der Waals surface area contributed by atoms with Crippen LogP contribution in [0.5, 0.6) is 5.75 Å². The average Bonchev–Trinajstić information content (AvgIpc) is 2.41. The fourth-order valence-corrected chi connectivity index (χ4v) is 1.96. The summed E-state index contributed by atoms with van der Waals surface area (Å²) in [6.45, 7) is 6.88. The van der Waals surface area contributed by atoms with Gasteiger partial charge in [0.15, 0.2) is 5.75 Å². The number of carbonyl (C=O) groups excluding carboxylic acids is 1. The molecule has 0 aliphatic heterocycles. The number of benzene rings is 1. The Morgan fingerprint density at radius 1 is 1.42 bits per heavy atom. The second-order valence-corrected chi connectivity index (χ2v) is 4.85. The molecule has 1 unspecified atom stereocenters. The molecule has 19 heavy (non-hydrogen) atoms. The van der Waals surface area contributed by atoms with Gasteiger partial charge in [0.1, 0.15) is 0 Å². The Labute approximate surface area is 115 Å². The summed E-state index contributed by atoms with van der Waals surface area (Å²) >= 11 is 0. The summed E-state index contributed by atoms with van der Waals surface area (Å²) in [6, 6.07) is 5.05. The van der Waals surface area contributed by atoms with Gasteiger partial charge in [0.25, 0.3) is 5.91 Å². The summed E-state index contributed by atoms with van der Waals surface area (Å²) in [5.74, 6) is -0.259. The van der Waals surface area contributed by atoms with Crippen molar-refractivity contribution in [2.75, 3.05) is 12.3 Å². The first-order chi connectivity index (χ1) is 9.02. The van der Waals surface area contributed by atoms with E-state index >= 15 is 0 Å².